The molecule has 0 unspecified atom stereocenters. The second-order valence-corrected chi connectivity index (χ2v) is 3.64. The number of hydrogen-bond donors (Lipinski definition) is 0. The molecule has 0 aromatic heterocycles. The van der Waals surface area contributed by atoms with Crippen molar-refractivity contribution in [3.05, 3.63) is 42.0 Å². The quantitative estimate of drug-likeness (QED) is 0.554. The molecule has 0 heterocycles. The molecule has 80 valence electrons. The van der Waals surface area contributed by atoms with E-state index in [2.05, 4.69) is 0 Å². The fraction of sp³-hybridized carbons (Fsp3) is 0.308. The Balaban J connectivity index is 2.75. The van der Waals surface area contributed by atoms with Crippen molar-refractivity contribution in [2.24, 2.45) is 0 Å². The summed E-state index contributed by atoms with van der Waals surface area (Å²) in [7, 11) is 3.97. The van der Waals surface area contributed by atoms with Gasteiger partial charge in [-0.1, -0.05) is 12.2 Å². The van der Waals surface area contributed by atoms with Crippen LogP contribution in [0.3, 0.4) is 0 Å². The van der Waals surface area contributed by atoms with Crippen molar-refractivity contribution < 1.29 is 4.79 Å². The SMILES string of the molecule is C/C=C/CC(=O)c1ccc(N(C)C)cc1. The number of Topliss-reactive ketones (excluding diaryl/α,β-unsaturated/α-hetero) is 1. The number of nitrogens with zero attached hydrogens (tertiary/aromatic N) is 1. The topological polar surface area (TPSA) is 20.3 Å². The predicted octanol–water partition coefficient (Wildman–Crippen LogP) is 2.90. The van der Waals surface area contributed by atoms with Crippen LogP contribution in [0.4, 0.5) is 5.69 Å². The molecular weight excluding hydrogens is 186 g/mol. The highest BCUT2D eigenvalue weighted by atomic mass is 16.1. The Labute approximate surface area is 91.2 Å². The number of anilines is 1. The van der Waals surface area contributed by atoms with Crippen LogP contribution in [-0.2, 0) is 0 Å². The zero-order valence-electron chi connectivity index (χ0n) is 9.53. The van der Waals surface area contributed by atoms with Crippen molar-refractivity contribution in [2.45, 2.75) is 13.3 Å². The van der Waals surface area contributed by atoms with Gasteiger partial charge in [0.2, 0.25) is 0 Å². The van der Waals surface area contributed by atoms with Gasteiger partial charge in [0.25, 0.3) is 0 Å². The molecule has 0 saturated heterocycles. The summed E-state index contributed by atoms with van der Waals surface area (Å²) < 4.78 is 0. The van der Waals surface area contributed by atoms with Crippen LogP contribution in [0.15, 0.2) is 36.4 Å². The van der Waals surface area contributed by atoms with E-state index in [1.165, 1.54) is 0 Å². The van der Waals surface area contributed by atoms with Crippen LogP contribution in [0.25, 0.3) is 0 Å². The Hall–Kier alpha value is -1.57. The molecule has 0 fully saturated rings. The first-order valence-electron chi connectivity index (χ1n) is 5.07. The molecule has 0 aliphatic carbocycles. The van der Waals surface area contributed by atoms with E-state index >= 15 is 0 Å². The maximum atomic E-state index is 11.6. The van der Waals surface area contributed by atoms with Gasteiger partial charge in [-0.15, -0.1) is 0 Å². The third-order valence-corrected chi connectivity index (χ3v) is 2.24. The molecule has 1 aromatic rings. The average Bonchev–Trinajstić information content (AvgIpc) is 2.26. The van der Waals surface area contributed by atoms with Crippen molar-refractivity contribution in [1.82, 2.24) is 0 Å². The van der Waals surface area contributed by atoms with Crippen LogP contribution in [0.5, 0.6) is 0 Å². The number of rotatable bonds is 4. The second kappa shape index (κ2) is 5.35. The van der Waals surface area contributed by atoms with Gasteiger partial charge in [-0.25, -0.2) is 0 Å². The zero-order valence-corrected chi connectivity index (χ0v) is 9.53. The Morgan fingerprint density at radius 3 is 2.33 bits per heavy atom. The number of ketones is 1. The monoisotopic (exact) mass is 203 g/mol. The minimum atomic E-state index is 0.165. The molecule has 1 rings (SSSR count). The van der Waals surface area contributed by atoms with Crippen LogP contribution in [0, 0.1) is 0 Å². The van der Waals surface area contributed by atoms with Gasteiger partial charge in [-0.05, 0) is 31.2 Å². The highest BCUT2D eigenvalue weighted by Crippen LogP contribution is 2.13. The molecule has 0 amide bonds. The first-order valence-corrected chi connectivity index (χ1v) is 5.07. The molecule has 0 N–H and O–H groups in total. The van der Waals surface area contributed by atoms with Crippen molar-refractivity contribution in [1.29, 1.82) is 0 Å². The number of carbonyl (C=O) groups excluding carboxylic acids is 1. The van der Waals surface area contributed by atoms with Crippen LogP contribution in [0.1, 0.15) is 23.7 Å². The summed E-state index contributed by atoms with van der Waals surface area (Å²) in [6.07, 6.45) is 4.26. The van der Waals surface area contributed by atoms with Crippen molar-refractivity contribution >= 4 is 11.5 Å². The number of benzene rings is 1. The third kappa shape index (κ3) is 3.24. The third-order valence-electron chi connectivity index (χ3n) is 2.24. The molecule has 0 aliphatic rings. The standard InChI is InChI=1S/C13H17NO/c1-4-5-6-13(15)11-7-9-12(10-8-11)14(2)3/h4-5,7-10H,6H2,1-3H3/b5-4+. The molecule has 1 aromatic carbocycles. The normalized spacial score (nSPS) is 10.6. The van der Waals surface area contributed by atoms with E-state index in [1.54, 1.807) is 0 Å². The molecule has 2 nitrogen and oxygen atoms in total. The molecule has 0 bridgehead atoms. The summed E-state index contributed by atoms with van der Waals surface area (Å²) >= 11 is 0. The lowest BCUT2D eigenvalue weighted by molar-refractivity contribution is 0.0996. The highest BCUT2D eigenvalue weighted by molar-refractivity contribution is 5.97. The fourth-order valence-electron chi connectivity index (χ4n) is 1.29. The summed E-state index contributed by atoms with van der Waals surface area (Å²) in [5.41, 5.74) is 1.89. The van der Waals surface area contributed by atoms with Crippen molar-refractivity contribution in [3.8, 4) is 0 Å². The molecule has 0 radical (unpaired) electrons. The number of hydrogen-bond acceptors (Lipinski definition) is 2. The Bertz CT molecular complexity index is 349. The van der Waals surface area contributed by atoms with Crippen LogP contribution >= 0.6 is 0 Å². The van der Waals surface area contributed by atoms with E-state index in [-0.39, 0.29) is 5.78 Å². The van der Waals surface area contributed by atoms with Gasteiger partial charge < -0.3 is 4.90 Å². The lowest BCUT2D eigenvalue weighted by atomic mass is 10.1. The molecule has 0 saturated carbocycles. The lowest BCUT2D eigenvalue weighted by Gasteiger charge is -2.12. The number of allylic oxidation sites excluding steroid dienone is 2. The Morgan fingerprint density at radius 2 is 1.87 bits per heavy atom. The molecule has 2 heteroatoms. The van der Waals surface area contributed by atoms with Crippen LogP contribution < -0.4 is 4.90 Å². The summed E-state index contributed by atoms with van der Waals surface area (Å²) in [5, 5.41) is 0. The minimum Gasteiger partial charge on any atom is -0.378 e. The first-order chi connectivity index (χ1) is 7.15. The number of carbonyl (C=O) groups is 1. The summed E-state index contributed by atoms with van der Waals surface area (Å²) in [4.78, 5) is 13.6. The predicted molar refractivity (Wildman–Crippen MR) is 64.5 cm³/mol. The second-order valence-electron chi connectivity index (χ2n) is 3.64. The first kappa shape index (κ1) is 11.5. The minimum absolute atomic E-state index is 0.165. The van der Waals surface area contributed by atoms with Crippen LogP contribution in [-0.4, -0.2) is 19.9 Å². The summed E-state index contributed by atoms with van der Waals surface area (Å²) in [6.45, 7) is 1.92. The van der Waals surface area contributed by atoms with E-state index in [4.69, 9.17) is 0 Å². The van der Waals surface area contributed by atoms with Crippen molar-refractivity contribution in [2.75, 3.05) is 19.0 Å². The van der Waals surface area contributed by atoms with Crippen LogP contribution in [0.2, 0.25) is 0 Å². The van der Waals surface area contributed by atoms with E-state index in [9.17, 15) is 4.79 Å². The zero-order chi connectivity index (χ0) is 11.3. The maximum absolute atomic E-state index is 11.6. The van der Waals surface area contributed by atoms with E-state index in [0.29, 0.717) is 6.42 Å². The van der Waals surface area contributed by atoms with E-state index in [1.807, 2.05) is 62.3 Å². The molecular formula is C13H17NO. The van der Waals surface area contributed by atoms with Gasteiger partial charge in [0, 0.05) is 31.8 Å². The molecule has 0 atom stereocenters. The smallest absolute Gasteiger partial charge is 0.166 e. The van der Waals surface area contributed by atoms with Crippen molar-refractivity contribution in [3.63, 3.8) is 0 Å². The molecule has 0 aliphatic heterocycles. The lowest BCUT2D eigenvalue weighted by Crippen LogP contribution is -2.08. The largest absolute Gasteiger partial charge is 0.378 e. The summed E-state index contributed by atoms with van der Waals surface area (Å²) in [6, 6.07) is 7.67. The van der Waals surface area contributed by atoms with E-state index in [0.717, 1.165) is 11.3 Å². The Morgan fingerprint density at radius 1 is 1.27 bits per heavy atom. The fourth-order valence-corrected chi connectivity index (χ4v) is 1.29. The van der Waals surface area contributed by atoms with E-state index < -0.39 is 0 Å². The van der Waals surface area contributed by atoms with Gasteiger partial charge in [0.1, 0.15) is 0 Å². The molecule has 15 heavy (non-hydrogen) atoms. The average molecular weight is 203 g/mol. The Kier molecular flexibility index (Phi) is 4.10. The van der Waals surface area contributed by atoms with Gasteiger partial charge in [0.15, 0.2) is 5.78 Å². The molecule has 0 spiro atoms. The van der Waals surface area contributed by atoms with Gasteiger partial charge in [-0.3, -0.25) is 4.79 Å². The maximum Gasteiger partial charge on any atom is 0.166 e. The van der Waals surface area contributed by atoms with Gasteiger partial charge >= 0.3 is 0 Å². The van der Waals surface area contributed by atoms with Gasteiger partial charge in [-0.2, -0.15) is 0 Å². The highest BCUT2D eigenvalue weighted by Gasteiger charge is 2.03. The van der Waals surface area contributed by atoms with Gasteiger partial charge in [0.05, 0.1) is 0 Å². The summed E-state index contributed by atoms with van der Waals surface area (Å²) in [5.74, 6) is 0.165.